The van der Waals surface area contributed by atoms with E-state index in [0.717, 1.165) is 11.3 Å². The molecular weight excluding hydrogens is 148 g/mol. The second kappa shape index (κ2) is 2.63. The molecule has 2 atom stereocenters. The summed E-state index contributed by atoms with van der Waals surface area (Å²) in [5, 5.41) is 0. The van der Waals surface area contributed by atoms with Crippen molar-refractivity contribution in [1.29, 1.82) is 0 Å². The first-order valence-corrected chi connectivity index (χ1v) is 4.17. The molecule has 0 radical (unpaired) electrons. The highest BCUT2D eigenvalue weighted by Gasteiger charge is 2.22. The molecule has 1 heterocycles. The van der Waals surface area contributed by atoms with Crippen molar-refractivity contribution in [3.63, 3.8) is 0 Å². The van der Waals surface area contributed by atoms with E-state index in [1.807, 2.05) is 24.4 Å². The number of dihydropyridines is 1. The molecule has 0 bridgehead atoms. The molecule has 12 heavy (non-hydrogen) atoms. The normalized spacial score (nSPS) is 32.4. The summed E-state index contributed by atoms with van der Waals surface area (Å²) < 4.78 is 0. The van der Waals surface area contributed by atoms with Crippen LogP contribution in [0.1, 0.15) is 6.92 Å². The highest BCUT2D eigenvalue weighted by atomic mass is 14.8. The van der Waals surface area contributed by atoms with Crippen molar-refractivity contribution >= 4 is 6.21 Å². The monoisotopic (exact) mass is 160 g/mol. The first-order valence-electron chi connectivity index (χ1n) is 4.17. The highest BCUT2D eigenvalue weighted by molar-refractivity contribution is 5.75. The molecule has 0 saturated carbocycles. The Balaban J connectivity index is 2.44. The smallest absolute Gasteiger partial charge is 0.0828 e. The molecule has 0 aromatic rings. The molecule has 62 valence electrons. The fourth-order valence-electron chi connectivity index (χ4n) is 1.61. The van der Waals surface area contributed by atoms with Gasteiger partial charge in [-0.2, -0.15) is 0 Å². The summed E-state index contributed by atoms with van der Waals surface area (Å²) in [5.74, 6) is 0.466. The fourth-order valence-corrected chi connectivity index (χ4v) is 1.61. The molecule has 0 aromatic carbocycles. The van der Waals surface area contributed by atoms with Gasteiger partial charge in [-0.15, -0.1) is 0 Å². The first-order chi connectivity index (χ1) is 5.79. The van der Waals surface area contributed by atoms with Crippen LogP contribution in [0.25, 0.3) is 0 Å². The maximum absolute atomic E-state index is 5.82. The van der Waals surface area contributed by atoms with Gasteiger partial charge in [-0.25, -0.2) is 0 Å². The zero-order chi connectivity index (χ0) is 8.55. The minimum absolute atomic E-state index is 0.250. The number of rotatable bonds is 0. The first kappa shape index (κ1) is 7.35. The molecule has 0 fully saturated rings. The van der Waals surface area contributed by atoms with Gasteiger partial charge in [0.15, 0.2) is 0 Å². The zero-order valence-electron chi connectivity index (χ0n) is 7.07. The summed E-state index contributed by atoms with van der Waals surface area (Å²) >= 11 is 0. The fraction of sp³-hybridized carbons (Fsp3) is 0.300. The van der Waals surface area contributed by atoms with Crippen LogP contribution in [0.15, 0.2) is 40.6 Å². The predicted octanol–water partition coefficient (Wildman–Crippen LogP) is 1.41. The lowest BCUT2D eigenvalue weighted by atomic mass is 9.87. The van der Waals surface area contributed by atoms with Crippen LogP contribution in [0.5, 0.6) is 0 Å². The molecule has 0 aromatic heterocycles. The Hall–Kier alpha value is -1.31. The van der Waals surface area contributed by atoms with Crippen LogP contribution >= 0.6 is 0 Å². The van der Waals surface area contributed by atoms with Crippen LogP contribution in [0.4, 0.5) is 0 Å². The Morgan fingerprint density at radius 3 is 3.00 bits per heavy atom. The Morgan fingerprint density at radius 2 is 2.25 bits per heavy atom. The van der Waals surface area contributed by atoms with Crippen LogP contribution in [0.3, 0.4) is 0 Å². The van der Waals surface area contributed by atoms with Gasteiger partial charge in [0, 0.05) is 23.4 Å². The van der Waals surface area contributed by atoms with Crippen molar-refractivity contribution in [1.82, 2.24) is 0 Å². The maximum Gasteiger partial charge on any atom is 0.0828 e. The van der Waals surface area contributed by atoms with E-state index in [4.69, 9.17) is 5.73 Å². The molecule has 0 amide bonds. The van der Waals surface area contributed by atoms with E-state index >= 15 is 0 Å². The number of allylic oxidation sites excluding steroid dienone is 2. The quantitative estimate of drug-likeness (QED) is 0.571. The summed E-state index contributed by atoms with van der Waals surface area (Å²) in [6, 6.07) is 0.250. The summed E-state index contributed by atoms with van der Waals surface area (Å²) in [7, 11) is 0. The molecule has 2 heteroatoms. The van der Waals surface area contributed by atoms with Crippen molar-refractivity contribution in [3.8, 4) is 0 Å². The maximum atomic E-state index is 5.82. The third-order valence-electron chi connectivity index (χ3n) is 2.34. The van der Waals surface area contributed by atoms with Gasteiger partial charge in [0.05, 0.1) is 6.04 Å². The van der Waals surface area contributed by atoms with Crippen molar-refractivity contribution < 1.29 is 0 Å². The van der Waals surface area contributed by atoms with Crippen molar-refractivity contribution in [2.75, 3.05) is 0 Å². The summed E-state index contributed by atoms with van der Waals surface area (Å²) in [6.07, 6.45) is 9.91. The second-order valence-electron chi connectivity index (χ2n) is 3.23. The van der Waals surface area contributed by atoms with E-state index in [-0.39, 0.29) is 6.04 Å². The minimum atomic E-state index is 0.250. The Kier molecular flexibility index (Phi) is 1.61. The van der Waals surface area contributed by atoms with Crippen LogP contribution in [0, 0.1) is 5.92 Å². The lowest BCUT2D eigenvalue weighted by Gasteiger charge is -2.25. The van der Waals surface area contributed by atoms with E-state index in [9.17, 15) is 0 Å². The molecule has 0 saturated heterocycles. The lowest BCUT2D eigenvalue weighted by molar-refractivity contribution is 0.602. The van der Waals surface area contributed by atoms with E-state index in [1.165, 1.54) is 0 Å². The molecule has 2 aliphatic rings. The Labute approximate surface area is 72.2 Å². The largest absolute Gasteiger partial charge is 0.398 e. The molecule has 2 rings (SSSR count). The van der Waals surface area contributed by atoms with E-state index in [2.05, 4.69) is 18.0 Å². The Morgan fingerprint density at radius 1 is 1.42 bits per heavy atom. The lowest BCUT2D eigenvalue weighted by Crippen LogP contribution is -2.24. The van der Waals surface area contributed by atoms with Gasteiger partial charge in [0.25, 0.3) is 0 Å². The topological polar surface area (TPSA) is 38.4 Å². The number of hydrogen-bond acceptors (Lipinski definition) is 2. The van der Waals surface area contributed by atoms with Gasteiger partial charge in [0.2, 0.25) is 0 Å². The van der Waals surface area contributed by atoms with Gasteiger partial charge >= 0.3 is 0 Å². The van der Waals surface area contributed by atoms with E-state index in [1.54, 1.807) is 0 Å². The average molecular weight is 160 g/mol. The van der Waals surface area contributed by atoms with Crippen LogP contribution in [-0.4, -0.2) is 12.3 Å². The third-order valence-corrected chi connectivity index (χ3v) is 2.34. The van der Waals surface area contributed by atoms with Crippen LogP contribution < -0.4 is 5.73 Å². The molecule has 1 aliphatic heterocycles. The van der Waals surface area contributed by atoms with E-state index in [0.29, 0.717) is 5.92 Å². The summed E-state index contributed by atoms with van der Waals surface area (Å²) in [5.41, 5.74) is 7.83. The Bertz CT molecular complexity index is 308. The average Bonchev–Trinajstić information content (AvgIpc) is 2.12. The van der Waals surface area contributed by atoms with Gasteiger partial charge < -0.3 is 5.73 Å². The number of nitrogens with zero attached hydrogens (tertiary/aromatic N) is 1. The van der Waals surface area contributed by atoms with E-state index < -0.39 is 0 Å². The van der Waals surface area contributed by atoms with Crippen LogP contribution in [-0.2, 0) is 0 Å². The predicted molar refractivity (Wildman–Crippen MR) is 50.9 cm³/mol. The zero-order valence-corrected chi connectivity index (χ0v) is 7.07. The standard InChI is InChI=1S/C10H12N2/c1-7-4-5-9(11)8-3-2-6-12-10(7)8/h2-7,10H,11H2,1H3. The highest BCUT2D eigenvalue weighted by Crippen LogP contribution is 2.26. The summed E-state index contributed by atoms with van der Waals surface area (Å²) in [4.78, 5) is 4.38. The second-order valence-corrected chi connectivity index (χ2v) is 3.23. The molecule has 2 nitrogen and oxygen atoms in total. The SMILES string of the molecule is CC1C=CC(N)=C2C=CC=NC21. The summed E-state index contributed by atoms with van der Waals surface area (Å²) in [6.45, 7) is 2.16. The van der Waals surface area contributed by atoms with Gasteiger partial charge in [-0.1, -0.05) is 19.1 Å². The molecular formula is C10H12N2. The van der Waals surface area contributed by atoms with Gasteiger partial charge in [0.1, 0.15) is 0 Å². The van der Waals surface area contributed by atoms with Gasteiger partial charge in [-0.05, 0) is 12.2 Å². The molecule has 2 N–H and O–H groups in total. The van der Waals surface area contributed by atoms with Crippen molar-refractivity contribution in [2.24, 2.45) is 16.6 Å². The minimum Gasteiger partial charge on any atom is -0.398 e. The van der Waals surface area contributed by atoms with Gasteiger partial charge in [-0.3, -0.25) is 4.99 Å². The van der Waals surface area contributed by atoms with Crippen molar-refractivity contribution in [3.05, 3.63) is 35.6 Å². The third kappa shape index (κ3) is 0.998. The van der Waals surface area contributed by atoms with Crippen molar-refractivity contribution in [2.45, 2.75) is 13.0 Å². The number of fused-ring (bicyclic) bond motifs is 1. The number of hydrogen-bond donors (Lipinski definition) is 1. The number of nitrogens with two attached hydrogens (primary N) is 1. The molecule has 2 unspecified atom stereocenters. The number of aliphatic imine (C=N–C) groups is 1. The molecule has 0 spiro atoms. The molecule has 1 aliphatic carbocycles. The van der Waals surface area contributed by atoms with Crippen LogP contribution in [0.2, 0.25) is 0 Å².